The van der Waals surface area contributed by atoms with Gasteiger partial charge in [-0.15, -0.1) is 0 Å². The third kappa shape index (κ3) is 5.13. The van der Waals surface area contributed by atoms with Crippen LogP contribution in [0, 0.1) is 11.7 Å². The van der Waals surface area contributed by atoms with Crippen LogP contribution in [-0.2, 0) is 0 Å². The monoisotopic (exact) mass is 390 g/mol. The van der Waals surface area contributed by atoms with Gasteiger partial charge in [-0.2, -0.15) is 0 Å². The summed E-state index contributed by atoms with van der Waals surface area (Å²) in [5.41, 5.74) is 0.0745. The summed E-state index contributed by atoms with van der Waals surface area (Å²) in [6.45, 7) is 11.6. The molecule has 156 valence electrons. The van der Waals surface area contributed by atoms with Crippen molar-refractivity contribution >= 4 is 11.8 Å². The molecule has 2 fully saturated rings. The Bertz CT molecular complexity index is 677. The van der Waals surface area contributed by atoms with Gasteiger partial charge < -0.3 is 15.5 Å². The van der Waals surface area contributed by atoms with E-state index in [0.717, 1.165) is 51.0 Å². The number of aliphatic imine (C=N–C) groups is 1. The fraction of sp³-hybridized carbons (Fsp3) is 0.714. The van der Waals surface area contributed by atoms with Crippen LogP contribution in [0.1, 0.15) is 40.0 Å². The molecular weight excluding hydrogens is 355 g/mol. The van der Waals surface area contributed by atoms with Gasteiger partial charge in [-0.25, -0.2) is 9.37 Å². The molecule has 2 unspecified atom stereocenters. The summed E-state index contributed by atoms with van der Waals surface area (Å²) in [4.78, 5) is 13.2. The third-order valence-corrected chi connectivity index (χ3v) is 5.99. The van der Waals surface area contributed by atoms with Gasteiger partial charge in [0.05, 0.1) is 0 Å². The molecule has 3 rings (SSSR count). The Labute approximate surface area is 168 Å². The number of likely N-dealkylation sites (tertiary alicyclic amines) is 1. The van der Waals surface area contributed by atoms with Crippen LogP contribution in [0.4, 0.5) is 10.2 Å². The molecule has 3 heterocycles. The minimum Gasteiger partial charge on any atom is -0.355 e. The third-order valence-electron chi connectivity index (χ3n) is 5.99. The number of hydrogen-bond acceptors (Lipinski definition) is 4. The number of rotatable bonds is 5. The molecule has 1 aromatic heterocycles. The fourth-order valence-corrected chi connectivity index (χ4v) is 4.22. The van der Waals surface area contributed by atoms with E-state index < -0.39 is 0 Å². The van der Waals surface area contributed by atoms with E-state index in [1.54, 1.807) is 19.3 Å². The van der Waals surface area contributed by atoms with E-state index in [1.807, 2.05) is 4.90 Å². The molecule has 7 heteroatoms. The second-order valence-electron chi connectivity index (χ2n) is 8.82. The maximum Gasteiger partial charge on any atom is 0.191 e. The summed E-state index contributed by atoms with van der Waals surface area (Å²) < 4.78 is 14.0. The second kappa shape index (κ2) is 9.07. The van der Waals surface area contributed by atoms with Crippen LogP contribution < -0.4 is 15.5 Å². The molecule has 0 amide bonds. The first-order chi connectivity index (χ1) is 13.4. The predicted molar refractivity (Wildman–Crippen MR) is 113 cm³/mol. The van der Waals surface area contributed by atoms with Crippen LogP contribution in [-0.4, -0.2) is 67.2 Å². The van der Waals surface area contributed by atoms with Gasteiger partial charge in [-0.1, -0.05) is 6.92 Å². The zero-order chi connectivity index (χ0) is 20.1. The molecule has 1 aromatic rings. The summed E-state index contributed by atoms with van der Waals surface area (Å²) in [6, 6.07) is 3.32. The zero-order valence-electron chi connectivity index (χ0n) is 17.7. The van der Waals surface area contributed by atoms with E-state index in [-0.39, 0.29) is 17.4 Å². The Morgan fingerprint density at radius 2 is 2.14 bits per heavy atom. The van der Waals surface area contributed by atoms with Gasteiger partial charge in [0.15, 0.2) is 17.6 Å². The highest BCUT2D eigenvalue weighted by molar-refractivity contribution is 5.80. The number of nitrogens with one attached hydrogen (secondary N) is 2. The standard InChI is InChI=1S/C21H35FN6/c1-16-7-6-11-28(13-16)21(2,3)15-25-20(23-4)26-17-9-12-27(14-17)19-18(22)8-5-10-24-19/h5,8,10,16-17H,6-7,9,11-15H2,1-4H3,(H2,23,25,26). The van der Waals surface area contributed by atoms with E-state index in [2.05, 4.69) is 46.3 Å². The van der Waals surface area contributed by atoms with Gasteiger partial charge in [0.25, 0.3) is 0 Å². The molecule has 2 aliphatic rings. The molecule has 0 radical (unpaired) electrons. The highest BCUT2D eigenvalue weighted by atomic mass is 19.1. The summed E-state index contributed by atoms with van der Waals surface area (Å²) >= 11 is 0. The Balaban J connectivity index is 1.50. The molecule has 2 saturated heterocycles. The minimum absolute atomic E-state index is 0.0745. The number of pyridine rings is 1. The first-order valence-corrected chi connectivity index (χ1v) is 10.5. The topological polar surface area (TPSA) is 55.8 Å². The maximum atomic E-state index is 14.0. The highest BCUT2D eigenvalue weighted by Crippen LogP contribution is 2.23. The quantitative estimate of drug-likeness (QED) is 0.598. The molecule has 2 atom stereocenters. The smallest absolute Gasteiger partial charge is 0.191 e. The van der Waals surface area contributed by atoms with Crippen molar-refractivity contribution in [2.24, 2.45) is 10.9 Å². The Morgan fingerprint density at radius 1 is 1.32 bits per heavy atom. The van der Waals surface area contributed by atoms with Gasteiger partial charge in [-0.3, -0.25) is 9.89 Å². The molecule has 0 aliphatic carbocycles. The van der Waals surface area contributed by atoms with Crippen molar-refractivity contribution in [3.63, 3.8) is 0 Å². The van der Waals surface area contributed by atoms with Crippen LogP contribution in [0.2, 0.25) is 0 Å². The second-order valence-corrected chi connectivity index (χ2v) is 8.82. The molecular formula is C21H35FN6. The average molecular weight is 391 g/mol. The number of piperidine rings is 1. The number of aromatic nitrogens is 1. The molecule has 28 heavy (non-hydrogen) atoms. The van der Waals surface area contributed by atoms with Crippen LogP contribution in [0.25, 0.3) is 0 Å². The lowest BCUT2D eigenvalue weighted by Crippen LogP contribution is -2.56. The first kappa shape index (κ1) is 20.8. The van der Waals surface area contributed by atoms with Gasteiger partial charge in [0.2, 0.25) is 0 Å². The van der Waals surface area contributed by atoms with Crippen molar-refractivity contribution < 1.29 is 4.39 Å². The summed E-state index contributed by atoms with van der Waals surface area (Å²) in [7, 11) is 1.80. The minimum atomic E-state index is -0.261. The molecule has 0 bridgehead atoms. The van der Waals surface area contributed by atoms with E-state index >= 15 is 0 Å². The average Bonchev–Trinajstić information content (AvgIpc) is 3.14. The Kier molecular flexibility index (Phi) is 6.75. The number of hydrogen-bond donors (Lipinski definition) is 2. The number of nitrogens with zero attached hydrogens (tertiary/aromatic N) is 4. The van der Waals surface area contributed by atoms with Crippen LogP contribution in [0.5, 0.6) is 0 Å². The highest BCUT2D eigenvalue weighted by Gasteiger charge is 2.31. The Hall–Kier alpha value is -1.89. The van der Waals surface area contributed by atoms with Gasteiger partial charge >= 0.3 is 0 Å². The molecule has 2 N–H and O–H groups in total. The van der Waals surface area contributed by atoms with Crippen molar-refractivity contribution in [1.29, 1.82) is 0 Å². The normalized spacial score (nSPS) is 24.5. The number of halogens is 1. The predicted octanol–water partition coefficient (Wildman–Crippen LogP) is 2.47. The molecule has 2 aliphatic heterocycles. The molecule has 0 saturated carbocycles. The summed E-state index contributed by atoms with van der Waals surface area (Å²) in [6.07, 6.45) is 5.19. The van der Waals surface area contributed by atoms with Crippen LogP contribution >= 0.6 is 0 Å². The van der Waals surface area contributed by atoms with Crippen molar-refractivity contribution in [1.82, 2.24) is 20.5 Å². The van der Waals surface area contributed by atoms with Gasteiger partial charge in [0.1, 0.15) is 0 Å². The fourth-order valence-electron chi connectivity index (χ4n) is 4.22. The van der Waals surface area contributed by atoms with E-state index in [4.69, 9.17) is 0 Å². The Morgan fingerprint density at radius 3 is 2.86 bits per heavy atom. The summed E-state index contributed by atoms with van der Waals surface area (Å²) in [5, 5.41) is 7.00. The largest absolute Gasteiger partial charge is 0.355 e. The van der Waals surface area contributed by atoms with Crippen molar-refractivity contribution in [2.45, 2.75) is 51.6 Å². The molecule has 0 spiro atoms. The van der Waals surface area contributed by atoms with Crippen LogP contribution in [0.15, 0.2) is 23.3 Å². The lowest BCUT2D eigenvalue weighted by Gasteiger charge is -2.43. The number of guanidine groups is 1. The SMILES string of the molecule is CN=C(NCC(C)(C)N1CCCC(C)C1)NC1CCN(c2ncccc2F)C1. The lowest BCUT2D eigenvalue weighted by molar-refractivity contribution is 0.0739. The molecule has 6 nitrogen and oxygen atoms in total. The number of anilines is 1. The van der Waals surface area contributed by atoms with Crippen molar-refractivity contribution in [3.05, 3.63) is 24.1 Å². The zero-order valence-corrected chi connectivity index (χ0v) is 17.7. The summed E-state index contributed by atoms with van der Waals surface area (Å²) in [5.74, 6) is 1.76. The maximum absolute atomic E-state index is 14.0. The van der Waals surface area contributed by atoms with Crippen LogP contribution in [0.3, 0.4) is 0 Å². The van der Waals surface area contributed by atoms with Crippen molar-refractivity contribution in [3.8, 4) is 0 Å². The van der Waals surface area contributed by atoms with E-state index in [0.29, 0.717) is 5.82 Å². The van der Waals surface area contributed by atoms with E-state index in [9.17, 15) is 4.39 Å². The van der Waals surface area contributed by atoms with E-state index in [1.165, 1.54) is 18.9 Å². The van der Waals surface area contributed by atoms with Gasteiger partial charge in [-0.05, 0) is 57.7 Å². The first-order valence-electron chi connectivity index (χ1n) is 10.5. The lowest BCUT2D eigenvalue weighted by atomic mass is 9.93. The molecule has 0 aromatic carbocycles. The van der Waals surface area contributed by atoms with Crippen molar-refractivity contribution in [2.75, 3.05) is 44.7 Å². The van der Waals surface area contributed by atoms with Gasteiger partial charge in [0, 0.05) is 51.0 Å².